The van der Waals surface area contributed by atoms with E-state index in [1.54, 1.807) is 11.1 Å². The smallest absolute Gasteiger partial charge is 0.0562 e. The van der Waals surface area contributed by atoms with Crippen LogP contribution in [0.15, 0.2) is 231 Å². The number of nitrogens with zero attached hydrogens (tertiary/aromatic N) is 2. The molecular formula is C67H48N2. The second-order valence-electron chi connectivity index (χ2n) is 20.7. The van der Waals surface area contributed by atoms with Crippen LogP contribution in [0.2, 0.25) is 0 Å². The number of hydrogen-bond donors (Lipinski definition) is 0. The van der Waals surface area contributed by atoms with Crippen LogP contribution >= 0.6 is 0 Å². The SMILES string of the molecule is c1ccc(-c2cccc3cccc(-c4ccccc4N(c4ccccc4-c4ccc5c(c4)C4(c6ccccc6-5)C5CC6CC7CC4C675)c4cccc5c4c4ccccc4n5-c4ccccc4)c23)cc1. The van der Waals surface area contributed by atoms with Gasteiger partial charge in [0.2, 0.25) is 0 Å². The molecule has 10 aromatic carbocycles. The molecule has 0 bridgehead atoms. The number of rotatable bonds is 7. The lowest BCUT2D eigenvalue weighted by atomic mass is 9.11. The Kier molecular flexibility index (Phi) is 7.63. The van der Waals surface area contributed by atoms with E-state index >= 15 is 0 Å². The van der Waals surface area contributed by atoms with Crippen molar-refractivity contribution in [2.24, 2.45) is 29.1 Å². The summed E-state index contributed by atoms with van der Waals surface area (Å²) in [5.74, 6) is 3.47. The maximum Gasteiger partial charge on any atom is 0.0562 e. The molecule has 0 N–H and O–H groups in total. The van der Waals surface area contributed by atoms with Crippen LogP contribution in [0.4, 0.5) is 17.1 Å². The highest BCUT2D eigenvalue weighted by Crippen LogP contribution is 2.94. The highest BCUT2D eigenvalue weighted by atomic mass is 15.2. The van der Waals surface area contributed by atoms with Crippen LogP contribution in [0.5, 0.6) is 0 Å². The summed E-state index contributed by atoms with van der Waals surface area (Å²) in [5, 5.41) is 4.95. The van der Waals surface area contributed by atoms with Crippen LogP contribution < -0.4 is 4.90 Å². The minimum Gasteiger partial charge on any atom is -0.309 e. The van der Waals surface area contributed by atoms with Gasteiger partial charge in [0.05, 0.1) is 28.1 Å². The topological polar surface area (TPSA) is 8.17 Å². The number of aromatic nitrogens is 1. The fourth-order valence-electron chi connectivity index (χ4n) is 15.8. The molecule has 4 atom stereocenters. The van der Waals surface area contributed by atoms with E-state index in [2.05, 4.69) is 240 Å². The average molecular weight is 881 g/mol. The molecule has 69 heavy (non-hydrogen) atoms. The van der Waals surface area contributed by atoms with E-state index in [4.69, 9.17) is 0 Å². The molecule has 1 aromatic heterocycles. The van der Waals surface area contributed by atoms with Gasteiger partial charge in [0.1, 0.15) is 0 Å². The summed E-state index contributed by atoms with van der Waals surface area (Å²) in [6, 6.07) is 86.7. The molecule has 5 aliphatic rings. The maximum atomic E-state index is 2.66. The standard InChI is InChI=1S/C67H48N2/c1-3-18-42(19-4-1)49-28-15-20-43-21-16-29-53(64(43)49)52-26-9-13-32-58(52)69(61-35-17-34-60-65(61)54-27-10-14-33-59(54)68(60)47-22-5-2-6-23-47)57-31-12-8-24-48(57)44-36-37-51-50-25-7-11-30-55(50)67(56(51)38-44)62-40-45-39-46-41-63(67)66(45,46)62/h1-38,45-46,62-63H,39-41H2. The first-order valence-electron chi connectivity index (χ1n) is 25.1. The molecular weight excluding hydrogens is 833 g/mol. The van der Waals surface area contributed by atoms with Gasteiger partial charge >= 0.3 is 0 Å². The largest absolute Gasteiger partial charge is 0.309 e. The fraction of sp³-hybridized carbons (Fsp3) is 0.134. The lowest BCUT2D eigenvalue weighted by molar-refractivity contribution is -0.412. The predicted octanol–water partition coefficient (Wildman–Crippen LogP) is 17.4. The summed E-state index contributed by atoms with van der Waals surface area (Å²) < 4.78 is 2.45. The summed E-state index contributed by atoms with van der Waals surface area (Å²) in [4.78, 5) is 2.61. The van der Waals surface area contributed by atoms with E-state index in [-0.39, 0.29) is 5.41 Å². The third-order valence-electron chi connectivity index (χ3n) is 18.3. The van der Waals surface area contributed by atoms with Crippen molar-refractivity contribution in [3.63, 3.8) is 0 Å². The van der Waals surface area contributed by atoms with E-state index < -0.39 is 0 Å². The highest BCUT2D eigenvalue weighted by Gasteiger charge is 2.90. The number of fused-ring (bicyclic) bond motifs is 11. The van der Waals surface area contributed by atoms with Crippen LogP contribution in [-0.2, 0) is 5.41 Å². The normalized spacial score (nSPS) is 23.0. The Balaban J connectivity index is 0.965. The fourth-order valence-corrected chi connectivity index (χ4v) is 15.8. The molecule has 0 saturated heterocycles. The van der Waals surface area contributed by atoms with Crippen molar-refractivity contribution in [3.05, 3.63) is 242 Å². The first kappa shape index (κ1) is 38.1. The van der Waals surface area contributed by atoms with Gasteiger partial charge in [0.15, 0.2) is 0 Å². The molecule has 4 unspecified atom stereocenters. The van der Waals surface area contributed by atoms with Crippen molar-refractivity contribution in [3.8, 4) is 50.2 Å². The van der Waals surface area contributed by atoms with Gasteiger partial charge in [-0.2, -0.15) is 0 Å². The van der Waals surface area contributed by atoms with E-state index in [1.165, 1.54) is 102 Å². The molecule has 5 aliphatic carbocycles. The van der Waals surface area contributed by atoms with Gasteiger partial charge in [0, 0.05) is 33.0 Å². The zero-order valence-electron chi connectivity index (χ0n) is 38.3. The molecule has 4 saturated carbocycles. The van der Waals surface area contributed by atoms with Crippen LogP contribution in [-0.4, -0.2) is 4.57 Å². The summed E-state index contributed by atoms with van der Waals surface area (Å²) >= 11 is 0. The molecule has 2 nitrogen and oxygen atoms in total. The first-order valence-corrected chi connectivity index (χ1v) is 25.1. The van der Waals surface area contributed by atoms with E-state index in [0.717, 1.165) is 40.7 Å². The molecule has 16 rings (SSSR count). The van der Waals surface area contributed by atoms with Gasteiger partial charge < -0.3 is 9.47 Å². The molecule has 2 spiro atoms. The Morgan fingerprint density at radius 3 is 1.74 bits per heavy atom. The third kappa shape index (κ3) is 4.72. The Labute approximate surface area is 402 Å². The van der Waals surface area contributed by atoms with Gasteiger partial charge in [-0.3, -0.25) is 0 Å². The van der Waals surface area contributed by atoms with Crippen LogP contribution in [0.1, 0.15) is 30.4 Å². The molecule has 0 aliphatic heterocycles. The quantitative estimate of drug-likeness (QED) is 0.155. The second kappa shape index (κ2) is 13.8. The molecule has 11 aromatic rings. The van der Waals surface area contributed by atoms with Crippen LogP contribution in [0, 0.1) is 29.1 Å². The first-order chi connectivity index (χ1) is 34.2. The number of benzene rings is 10. The summed E-state index contributed by atoms with van der Waals surface area (Å²) in [7, 11) is 0. The molecule has 0 radical (unpaired) electrons. The second-order valence-corrected chi connectivity index (χ2v) is 20.7. The predicted molar refractivity (Wildman–Crippen MR) is 286 cm³/mol. The number of para-hydroxylation sites is 4. The number of hydrogen-bond acceptors (Lipinski definition) is 1. The number of anilines is 3. The van der Waals surface area contributed by atoms with E-state index in [9.17, 15) is 0 Å². The van der Waals surface area contributed by atoms with Crippen molar-refractivity contribution in [1.29, 1.82) is 0 Å². The molecule has 1 heterocycles. The summed E-state index contributed by atoms with van der Waals surface area (Å²) in [5.41, 5.74) is 21.3. The molecule has 0 amide bonds. The van der Waals surface area contributed by atoms with Gasteiger partial charge in [-0.15, -0.1) is 0 Å². The average Bonchev–Trinajstić information content (AvgIpc) is 3.90. The highest BCUT2D eigenvalue weighted by molar-refractivity contribution is 6.18. The summed E-state index contributed by atoms with van der Waals surface area (Å²) in [6.07, 6.45) is 4.27. The minimum atomic E-state index is 0.131. The maximum absolute atomic E-state index is 2.66. The lowest BCUT2D eigenvalue weighted by Crippen LogP contribution is -2.88. The van der Waals surface area contributed by atoms with Crippen molar-refractivity contribution < 1.29 is 0 Å². The van der Waals surface area contributed by atoms with Crippen molar-refractivity contribution in [2.75, 3.05) is 4.90 Å². The Morgan fingerprint density at radius 1 is 0.377 bits per heavy atom. The Hall–Kier alpha value is -7.94. The van der Waals surface area contributed by atoms with Gasteiger partial charge in [0.25, 0.3) is 0 Å². The van der Waals surface area contributed by atoms with Crippen LogP contribution in [0.25, 0.3) is 82.8 Å². The van der Waals surface area contributed by atoms with Crippen molar-refractivity contribution >= 4 is 49.6 Å². The molecule has 4 fully saturated rings. The minimum absolute atomic E-state index is 0.131. The lowest BCUT2D eigenvalue weighted by Gasteiger charge is -2.92. The molecule has 2 heteroatoms. The van der Waals surface area contributed by atoms with Gasteiger partial charge in [-0.1, -0.05) is 182 Å². The zero-order valence-corrected chi connectivity index (χ0v) is 38.3. The van der Waals surface area contributed by atoms with Crippen LogP contribution in [0.3, 0.4) is 0 Å². The van der Waals surface area contributed by atoms with E-state index in [1.807, 2.05) is 0 Å². The van der Waals surface area contributed by atoms with Crippen molar-refractivity contribution in [2.45, 2.75) is 24.7 Å². The van der Waals surface area contributed by atoms with Gasteiger partial charge in [-0.05, 0) is 152 Å². The van der Waals surface area contributed by atoms with Gasteiger partial charge in [-0.25, -0.2) is 0 Å². The van der Waals surface area contributed by atoms with E-state index in [0.29, 0.717) is 5.41 Å². The van der Waals surface area contributed by atoms with Crippen molar-refractivity contribution in [1.82, 2.24) is 4.57 Å². The third-order valence-corrected chi connectivity index (χ3v) is 18.3. The molecule has 326 valence electrons. The monoisotopic (exact) mass is 880 g/mol. The Morgan fingerprint density at radius 2 is 0.957 bits per heavy atom. The zero-order chi connectivity index (χ0) is 45.0. The summed E-state index contributed by atoms with van der Waals surface area (Å²) in [6.45, 7) is 0. The Bertz CT molecular complexity index is 3910.